The average Bonchev–Trinajstić information content (AvgIpc) is 2.83. The molecule has 0 fully saturated rings. The van der Waals surface area contributed by atoms with E-state index < -0.39 is 0 Å². The highest BCUT2D eigenvalue weighted by atomic mass is 35.5. The number of rotatable bonds is 2. The van der Waals surface area contributed by atoms with Gasteiger partial charge in [-0.1, -0.05) is 17.7 Å². The number of hydrogen-bond donors (Lipinski definition) is 2. The Bertz CT molecular complexity index is 753. The Kier molecular flexibility index (Phi) is 3.00. The van der Waals surface area contributed by atoms with Crippen LogP contribution in [0.2, 0.25) is 5.02 Å². The van der Waals surface area contributed by atoms with Crippen LogP contribution < -0.4 is 11.1 Å². The second kappa shape index (κ2) is 4.68. The molecule has 3 rings (SSSR count). The summed E-state index contributed by atoms with van der Waals surface area (Å²) in [6.45, 7) is 1.96. The third-order valence-electron chi connectivity index (χ3n) is 2.86. The standard InChI is InChI=1S/C13H11ClN4S/c1-7-9(14)3-2-4-10(7)16-11-8-5-6-19-12(8)18-13(15)17-11/h2-6H,1H3,(H3,15,16,17,18). The van der Waals surface area contributed by atoms with E-state index in [9.17, 15) is 0 Å². The summed E-state index contributed by atoms with van der Waals surface area (Å²) in [5, 5.41) is 6.91. The van der Waals surface area contributed by atoms with Crippen LogP contribution in [-0.2, 0) is 0 Å². The molecular weight excluding hydrogens is 280 g/mol. The number of hydrogen-bond acceptors (Lipinski definition) is 5. The molecule has 96 valence electrons. The number of aromatic nitrogens is 2. The van der Waals surface area contributed by atoms with Crippen LogP contribution in [0.3, 0.4) is 0 Å². The molecule has 0 bridgehead atoms. The van der Waals surface area contributed by atoms with Crippen molar-refractivity contribution in [2.45, 2.75) is 6.92 Å². The Hall–Kier alpha value is -1.85. The minimum Gasteiger partial charge on any atom is -0.368 e. The fourth-order valence-corrected chi connectivity index (χ4v) is 2.78. The maximum Gasteiger partial charge on any atom is 0.223 e. The SMILES string of the molecule is Cc1c(Cl)cccc1Nc1nc(N)nc2sccc12. The van der Waals surface area contributed by atoms with Gasteiger partial charge >= 0.3 is 0 Å². The maximum atomic E-state index is 6.11. The van der Waals surface area contributed by atoms with Crippen molar-refractivity contribution in [1.82, 2.24) is 9.97 Å². The summed E-state index contributed by atoms with van der Waals surface area (Å²) in [5.74, 6) is 0.964. The molecule has 1 aromatic carbocycles. The minimum absolute atomic E-state index is 0.261. The average molecular weight is 291 g/mol. The quantitative estimate of drug-likeness (QED) is 0.749. The lowest BCUT2D eigenvalue weighted by Gasteiger charge is -2.11. The molecule has 0 atom stereocenters. The zero-order chi connectivity index (χ0) is 13.4. The summed E-state index contributed by atoms with van der Waals surface area (Å²) >= 11 is 7.65. The molecule has 0 radical (unpaired) electrons. The van der Waals surface area contributed by atoms with E-state index in [4.69, 9.17) is 17.3 Å². The van der Waals surface area contributed by atoms with Crippen LogP contribution in [-0.4, -0.2) is 9.97 Å². The lowest BCUT2D eigenvalue weighted by molar-refractivity contribution is 1.24. The number of anilines is 3. The predicted molar refractivity (Wildman–Crippen MR) is 81.3 cm³/mol. The maximum absolute atomic E-state index is 6.11. The van der Waals surface area contributed by atoms with E-state index in [0.29, 0.717) is 10.8 Å². The Balaban J connectivity index is 2.10. The zero-order valence-electron chi connectivity index (χ0n) is 10.1. The molecule has 2 heterocycles. The van der Waals surface area contributed by atoms with Crippen LogP contribution in [0.25, 0.3) is 10.2 Å². The smallest absolute Gasteiger partial charge is 0.223 e. The third-order valence-corrected chi connectivity index (χ3v) is 4.08. The van der Waals surface area contributed by atoms with E-state index in [2.05, 4.69) is 15.3 Å². The lowest BCUT2D eigenvalue weighted by Crippen LogP contribution is -2.01. The van der Waals surface area contributed by atoms with Gasteiger partial charge in [0.1, 0.15) is 10.6 Å². The number of fused-ring (bicyclic) bond motifs is 1. The number of thiophene rings is 1. The Morgan fingerprint density at radius 1 is 1.26 bits per heavy atom. The topological polar surface area (TPSA) is 63.8 Å². The fourth-order valence-electron chi connectivity index (χ4n) is 1.84. The Morgan fingerprint density at radius 2 is 2.11 bits per heavy atom. The van der Waals surface area contributed by atoms with Crippen LogP contribution in [0.15, 0.2) is 29.6 Å². The third kappa shape index (κ3) is 2.22. The summed E-state index contributed by atoms with van der Waals surface area (Å²) < 4.78 is 0. The summed E-state index contributed by atoms with van der Waals surface area (Å²) in [4.78, 5) is 9.33. The van der Waals surface area contributed by atoms with Gasteiger partial charge in [-0.2, -0.15) is 4.98 Å². The monoisotopic (exact) mass is 290 g/mol. The van der Waals surface area contributed by atoms with Gasteiger partial charge < -0.3 is 11.1 Å². The predicted octanol–water partition coefficient (Wildman–Crippen LogP) is 3.98. The van der Waals surface area contributed by atoms with Crippen molar-refractivity contribution in [3.8, 4) is 0 Å². The minimum atomic E-state index is 0.261. The van der Waals surface area contributed by atoms with Gasteiger partial charge in [-0.05, 0) is 36.1 Å². The molecule has 0 aliphatic carbocycles. The summed E-state index contributed by atoms with van der Waals surface area (Å²) in [5.41, 5.74) is 7.62. The molecule has 3 aromatic rings. The highest BCUT2D eigenvalue weighted by molar-refractivity contribution is 7.16. The van der Waals surface area contributed by atoms with Crippen molar-refractivity contribution >= 4 is 50.6 Å². The first kappa shape index (κ1) is 12.2. The van der Waals surface area contributed by atoms with Gasteiger partial charge in [0.05, 0.1) is 5.39 Å². The van der Waals surface area contributed by atoms with E-state index >= 15 is 0 Å². The van der Waals surface area contributed by atoms with Gasteiger partial charge in [-0.15, -0.1) is 11.3 Å². The molecule has 0 saturated carbocycles. The van der Waals surface area contributed by atoms with Gasteiger partial charge in [0.15, 0.2) is 0 Å². The number of halogens is 1. The molecule has 4 nitrogen and oxygen atoms in total. The van der Waals surface area contributed by atoms with Gasteiger partial charge in [0.25, 0.3) is 0 Å². The lowest BCUT2D eigenvalue weighted by atomic mass is 10.2. The first-order valence-corrected chi connectivity index (χ1v) is 6.94. The Labute approximate surface area is 119 Å². The Morgan fingerprint density at radius 3 is 2.95 bits per heavy atom. The van der Waals surface area contributed by atoms with Crippen molar-refractivity contribution in [3.63, 3.8) is 0 Å². The molecule has 6 heteroatoms. The summed E-state index contributed by atoms with van der Waals surface area (Å²) in [7, 11) is 0. The zero-order valence-corrected chi connectivity index (χ0v) is 11.7. The van der Waals surface area contributed by atoms with E-state index in [1.54, 1.807) is 0 Å². The fraction of sp³-hybridized carbons (Fsp3) is 0.0769. The van der Waals surface area contributed by atoms with Crippen molar-refractivity contribution in [2.24, 2.45) is 0 Å². The molecule has 19 heavy (non-hydrogen) atoms. The van der Waals surface area contributed by atoms with Crippen molar-refractivity contribution in [2.75, 3.05) is 11.1 Å². The van der Waals surface area contributed by atoms with Crippen LogP contribution in [0.4, 0.5) is 17.5 Å². The molecule has 0 saturated heterocycles. The van der Waals surface area contributed by atoms with Crippen LogP contribution in [0, 0.1) is 6.92 Å². The number of nitrogen functional groups attached to an aromatic ring is 1. The van der Waals surface area contributed by atoms with Crippen LogP contribution in [0.5, 0.6) is 0 Å². The number of nitrogens with two attached hydrogens (primary N) is 1. The van der Waals surface area contributed by atoms with Gasteiger partial charge in [0, 0.05) is 10.7 Å². The molecular formula is C13H11ClN4S. The highest BCUT2D eigenvalue weighted by Gasteiger charge is 2.09. The van der Waals surface area contributed by atoms with Crippen LogP contribution in [0.1, 0.15) is 5.56 Å². The summed E-state index contributed by atoms with van der Waals surface area (Å²) in [6.07, 6.45) is 0. The molecule has 0 amide bonds. The number of benzene rings is 1. The van der Waals surface area contributed by atoms with Crippen molar-refractivity contribution in [1.29, 1.82) is 0 Å². The van der Waals surface area contributed by atoms with Crippen LogP contribution >= 0.6 is 22.9 Å². The van der Waals surface area contributed by atoms with E-state index in [1.165, 1.54) is 11.3 Å². The van der Waals surface area contributed by atoms with E-state index in [-0.39, 0.29) is 5.95 Å². The molecule has 2 aromatic heterocycles. The summed E-state index contributed by atoms with van der Waals surface area (Å²) in [6, 6.07) is 7.68. The highest BCUT2D eigenvalue weighted by Crippen LogP contribution is 2.30. The molecule has 3 N–H and O–H groups in total. The van der Waals surface area contributed by atoms with Crippen molar-refractivity contribution in [3.05, 3.63) is 40.2 Å². The number of nitrogens with zero attached hydrogens (tertiary/aromatic N) is 2. The molecule has 0 aliphatic rings. The first-order valence-electron chi connectivity index (χ1n) is 5.68. The first-order chi connectivity index (χ1) is 9.15. The second-order valence-electron chi connectivity index (χ2n) is 4.11. The normalized spacial score (nSPS) is 10.8. The largest absolute Gasteiger partial charge is 0.368 e. The van der Waals surface area contributed by atoms with Gasteiger partial charge in [-0.3, -0.25) is 0 Å². The van der Waals surface area contributed by atoms with E-state index in [1.807, 2.05) is 36.6 Å². The van der Waals surface area contributed by atoms with Gasteiger partial charge in [-0.25, -0.2) is 4.98 Å². The van der Waals surface area contributed by atoms with Crippen molar-refractivity contribution < 1.29 is 0 Å². The number of nitrogens with one attached hydrogen (secondary N) is 1. The molecule has 0 unspecified atom stereocenters. The second-order valence-corrected chi connectivity index (χ2v) is 5.41. The van der Waals surface area contributed by atoms with Gasteiger partial charge in [0.2, 0.25) is 5.95 Å². The molecule has 0 spiro atoms. The molecule has 0 aliphatic heterocycles. The van der Waals surface area contributed by atoms with E-state index in [0.717, 1.165) is 21.5 Å².